The molecule has 0 saturated carbocycles. The first-order valence-electron chi connectivity index (χ1n) is 4.14. The number of nitrogens with zero attached hydrogens (tertiary/aromatic N) is 1. The summed E-state index contributed by atoms with van der Waals surface area (Å²) in [5, 5.41) is 1.04. The first-order chi connectivity index (χ1) is 6.31. The number of pyridine rings is 1. The average molecular weight is 163 g/mol. The van der Waals surface area contributed by atoms with Crippen LogP contribution in [0.1, 0.15) is 5.56 Å². The van der Waals surface area contributed by atoms with Crippen molar-refractivity contribution in [1.82, 2.24) is 4.98 Å². The molecule has 1 nitrogen and oxygen atoms in total. The highest BCUT2D eigenvalue weighted by Gasteiger charge is 1.98. The van der Waals surface area contributed by atoms with Crippen LogP contribution in [0.25, 0.3) is 10.9 Å². The van der Waals surface area contributed by atoms with Gasteiger partial charge in [-0.05, 0) is 11.5 Å². The molecular weight excluding hydrogens is 156 g/mol. The first-order valence-corrected chi connectivity index (χ1v) is 4.14. The van der Waals surface area contributed by atoms with Gasteiger partial charge in [-0.15, -0.1) is 0 Å². The van der Waals surface area contributed by atoms with Gasteiger partial charge < -0.3 is 0 Å². The molecule has 2 aromatic rings. The van der Waals surface area contributed by atoms with E-state index in [2.05, 4.69) is 4.98 Å². The minimum Gasteiger partial charge on any atom is -0.257 e. The van der Waals surface area contributed by atoms with Crippen LogP contribution >= 0.6 is 0 Å². The van der Waals surface area contributed by atoms with Crippen LogP contribution < -0.4 is 5.46 Å². The molecule has 0 aliphatic carbocycles. The van der Waals surface area contributed by atoms with Crippen LogP contribution in [0, 0.1) is 0 Å². The number of hydrogen-bond acceptors (Lipinski definition) is 1. The highest BCUT2D eigenvalue weighted by atomic mass is 14.6. The number of rotatable bonds is 1. The van der Waals surface area contributed by atoms with Crippen LogP contribution in [0.3, 0.4) is 0 Å². The van der Waals surface area contributed by atoms with Gasteiger partial charge in [-0.1, -0.05) is 35.5 Å². The fourth-order valence-electron chi connectivity index (χ4n) is 1.40. The highest BCUT2D eigenvalue weighted by molar-refractivity contribution is 6.38. The van der Waals surface area contributed by atoms with E-state index in [0.717, 1.165) is 16.5 Å². The van der Waals surface area contributed by atoms with Crippen molar-refractivity contribution in [3.63, 3.8) is 0 Å². The highest BCUT2D eigenvalue weighted by Crippen LogP contribution is 2.10. The molecule has 0 unspecified atom stereocenters. The summed E-state index contributed by atoms with van der Waals surface area (Å²) in [6.07, 6.45) is 2.25. The summed E-state index contributed by atoms with van der Waals surface area (Å²) in [5.74, 6) is 0. The minimum atomic E-state index is 0.509. The van der Waals surface area contributed by atoms with Gasteiger partial charge in [-0.2, -0.15) is 0 Å². The van der Waals surface area contributed by atoms with Crippen molar-refractivity contribution in [3.8, 4) is 0 Å². The molecule has 0 saturated heterocycles. The van der Waals surface area contributed by atoms with Gasteiger partial charge >= 0.3 is 0 Å². The maximum absolute atomic E-state index is 5.81. The first kappa shape index (κ1) is 8.36. The molecule has 1 aromatic heterocycles. The predicted molar refractivity (Wildman–Crippen MR) is 56.6 cm³/mol. The van der Waals surface area contributed by atoms with Gasteiger partial charge in [0, 0.05) is 6.20 Å². The summed E-state index contributed by atoms with van der Waals surface area (Å²) in [6, 6.07) is 7.76. The Morgan fingerprint density at radius 2 is 2.15 bits per heavy atom. The van der Waals surface area contributed by atoms with Crippen LogP contribution in [0.4, 0.5) is 0 Å². The summed E-state index contributed by atoms with van der Waals surface area (Å²) >= 11 is 0. The normalized spacial score (nSPS) is 10.5. The molecule has 4 radical (unpaired) electrons. The molecule has 0 fully saturated rings. The van der Waals surface area contributed by atoms with Gasteiger partial charge in [0.25, 0.3) is 0 Å². The van der Waals surface area contributed by atoms with Crippen molar-refractivity contribution >= 4 is 32.1 Å². The summed E-state index contributed by atoms with van der Waals surface area (Å²) in [5.41, 5.74) is 2.58. The fourth-order valence-corrected chi connectivity index (χ4v) is 1.40. The lowest BCUT2D eigenvalue weighted by Crippen LogP contribution is -2.07. The van der Waals surface area contributed by atoms with Gasteiger partial charge in [-0.3, -0.25) is 4.98 Å². The summed E-state index contributed by atoms with van der Waals surface area (Å²) in [6.45, 7) is 0. The zero-order chi connectivity index (χ0) is 9.26. The van der Waals surface area contributed by atoms with Crippen molar-refractivity contribution in [2.45, 2.75) is 6.32 Å². The second kappa shape index (κ2) is 3.25. The van der Waals surface area contributed by atoms with Gasteiger partial charge in [0.2, 0.25) is 0 Å². The molecule has 0 amide bonds. The van der Waals surface area contributed by atoms with Crippen LogP contribution in [0.5, 0.6) is 0 Å². The molecule has 58 valence electrons. The Balaban J connectivity index is 2.77. The standard InChI is InChI=1S/C10H7B2N/c11-6-7-4-8-2-1-3-13-10(8)9(12)5-7/h1-5H,6H2. The zero-order valence-corrected chi connectivity index (χ0v) is 7.20. The van der Waals surface area contributed by atoms with Crippen molar-refractivity contribution in [3.05, 3.63) is 36.0 Å². The van der Waals surface area contributed by atoms with Gasteiger partial charge in [0.05, 0.1) is 13.4 Å². The fraction of sp³-hybridized carbons (Fsp3) is 0.100. The number of aromatic nitrogens is 1. The van der Waals surface area contributed by atoms with E-state index >= 15 is 0 Å². The van der Waals surface area contributed by atoms with E-state index in [1.165, 1.54) is 0 Å². The summed E-state index contributed by atoms with van der Waals surface area (Å²) in [4.78, 5) is 4.19. The topological polar surface area (TPSA) is 12.9 Å². The van der Waals surface area contributed by atoms with E-state index < -0.39 is 0 Å². The lowest BCUT2D eigenvalue weighted by Gasteiger charge is -2.04. The Morgan fingerprint density at radius 3 is 2.92 bits per heavy atom. The van der Waals surface area contributed by atoms with Crippen LogP contribution in [-0.2, 0) is 6.32 Å². The molecule has 1 heterocycles. The largest absolute Gasteiger partial charge is 0.257 e. The number of benzene rings is 1. The van der Waals surface area contributed by atoms with Gasteiger partial charge in [-0.25, -0.2) is 0 Å². The van der Waals surface area contributed by atoms with Gasteiger partial charge in [0.1, 0.15) is 7.85 Å². The maximum atomic E-state index is 5.81. The molecule has 0 spiro atoms. The smallest absolute Gasteiger partial charge is 0.116 e. The molecule has 0 N–H and O–H groups in total. The summed E-state index contributed by atoms with van der Waals surface area (Å²) < 4.78 is 0. The molecule has 1 aromatic carbocycles. The lowest BCUT2D eigenvalue weighted by molar-refractivity contribution is 1.39. The monoisotopic (exact) mass is 163 g/mol. The second-order valence-electron chi connectivity index (χ2n) is 2.96. The number of hydrogen-bond donors (Lipinski definition) is 0. The molecule has 0 bridgehead atoms. The molecule has 0 atom stereocenters. The van der Waals surface area contributed by atoms with Gasteiger partial charge in [0.15, 0.2) is 0 Å². The Hall–Kier alpha value is -1.24. The third kappa shape index (κ3) is 1.46. The number of fused-ring (bicyclic) bond motifs is 1. The van der Waals surface area contributed by atoms with E-state index in [-0.39, 0.29) is 0 Å². The Labute approximate surface area is 80.0 Å². The Kier molecular flexibility index (Phi) is 2.09. The molecule has 2 rings (SSSR count). The van der Waals surface area contributed by atoms with E-state index in [4.69, 9.17) is 15.7 Å². The molecule has 3 heteroatoms. The quantitative estimate of drug-likeness (QED) is 0.563. The molecule has 0 aliphatic rings. The van der Waals surface area contributed by atoms with Crippen molar-refractivity contribution in [2.24, 2.45) is 0 Å². The molecule has 13 heavy (non-hydrogen) atoms. The van der Waals surface area contributed by atoms with E-state index in [1.807, 2.05) is 24.3 Å². The minimum absolute atomic E-state index is 0.509. The van der Waals surface area contributed by atoms with Crippen LogP contribution in [0.15, 0.2) is 30.5 Å². The molecule has 0 aliphatic heterocycles. The van der Waals surface area contributed by atoms with E-state index in [1.54, 1.807) is 6.20 Å². The second-order valence-corrected chi connectivity index (χ2v) is 2.96. The summed E-state index contributed by atoms with van der Waals surface area (Å²) in [7, 11) is 11.3. The third-order valence-electron chi connectivity index (χ3n) is 2.03. The predicted octanol–water partition coefficient (Wildman–Crippen LogP) is 0.697. The van der Waals surface area contributed by atoms with E-state index in [0.29, 0.717) is 11.8 Å². The SMILES string of the molecule is [B]Cc1cc([B])c2ncccc2c1. The van der Waals surface area contributed by atoms with Crippen LogP contribution in [0.2, 0.25) is 0 Å². The van der Waals surface area contributed by atoms with Crippen LogP contribution in [-0.4, -0.2) is 20.7 Å². The Bertz CT molecular complexity index is 440. The maximum Gasteiger partial charge on any atom is 0.116 e. The lowest BCUT2D eigenvalue weighted by atomic mass is 9.87. The van der Waals surface area contributed by atoms with Crippen molar-refractivity contribution in [1.29, 1.82) is 0 Å². The average Bonchev–Trinajstić information content (AvgIpc) is 2.18. The molecular formula is C10H7B2N. The van der Waals surface area contributed by atoms with Crippen molar-refractivity contribution < 1.29 is 0 Å². The Morgan fingerprint density at radius 1 is 1.31 bits per heavy atom. The van der Waals surface area contributed by atoms with E-state index in [9.17, 15) is 0 Å². The zero-order valence-electron chi connectivity index (χ0n) is 7.20. The third-order valence-corrected chi connectivity index (χ3v) is 2.03. The van der Waals surface area contributed by atoms with Crippen molar-refractivity contribution in [2.75, 3.05) is 0 Å².